The molecule has 2 aromatic rings. The molecular formula is C19H23FN4O2. The van der Waals surface area contributed by atoms with Crippen LogP contribution < -0.4 is 15.0 Å². The summed E-state index contributed by atoms with van der Waals surface area (Å²) >= 11 is 0. The van der Waals surface area contributed by atoms with E-state index in [1.54, 1.807) is 31.5 Å². The SMILES string of the molecule is CC1CCN(c2ncc(NC(=O)C(C)Oc3ccccc3F)cn2)CC1. The van der Waals surface area contributed by atoms with E-state index in [0.717, 1.165) is 31.8 Å². The molecule has 1 saturated heterocycles. The van der Waals surface area contributed by atoms with Gasteiger partial charge in [-0.2, -0.15) is 0 Å². The summed E-state index contributed by atoms with van der Waals surface area (Å²) in [6.45, 7) is 5.70. The highest BCUT2D eigenvalue weighted by Gasteiger charge is 2.19. The average molecular weight is 358 g/mol. The highest BCUT2D eigenvalue weighted by atomic mass is 19.1. The molecule has 0 bridgehead atoms. The maximum absolute atomic E-state index is 13.6. The second-order valence-corrected chi connectivity index (χ2v) is 6.62. The number of aromatic nitrogens is 2. The van der Waals surface area contributed by atoms with Crippen LogP contribution in [-0.2, 0) is 4.79 Å². The largest absolute Gasteiger partial charge is 0.478 e. The summed E-state index contributed by atoms with van der Waals surface area (Å²) in [6.07, 6.45) is 4.57. The van der Waals surface area contributed by atoms with Gasteiger partial charge in [-0.3, -0.25) is 4.79 Å². The molecule has 3 rings (SSSR count). The van der Waals surface area contributed by atoms with Crippen LogP contribution in [-0.4, -0.2) is 35.1 Å². The van der Waals surface area contributed by atoms with Crippen LogP contribution in [0.1, 0.15) is 26.7 Å². The Morgan fingerprint density at radius 3 is 2.58 bits per heavy atom. The first kappa shape index (κ1) is 18.1. The van der Waals surface area contributed by atoms with Crippen LogP contribution in [0.15, 0.2) is 36.7 Å². The number of nitrogens with zero attached hydrogens (tertiary/aromatic N) is 3. The van der Waals surface area contributed by atoms with Crippen molar-refractivity contribution in [3.8, 4) is 5.75 Å². The van der Waals surface area contributed by atoms with Crippen molar-refractivity contribution in [3.63, 3.8) is 0 Å². The number of nitrogens with one attached hydrogen (secondary N) is 1. The minimum atomic E-state index is -0.852. The Morgan fingerprint density at radius 2 is 1.92 bits per heavy atom. The maximum atomic E-state index is 13.6. The van der Waals surface area contributed by atoms with E-state index in [9.17, 15) is 9.18 Å². The average Bonchev–Trinajstić information content (AvgIpc) is 2.65. The minimum Gasteiger partial charge on any atom is -0.478 e. The van der Waals surface area contributed by atoms with Gasteiger partial charge in [0.1, 0.15) is 0 Å². The van der Waals surface area contributed by atoms with Crippen molar-refractivity contribution in [2.45, 2.75) is 32.8 Å². The van der Waals surface area contributed by atoms with E-state index in [2.05, 4.69) is 27.1 Å². The van der Waals surface area contributed by atoms with Gasteiger partial charge in [0.25, 0.3) is 5.91 Å². The maximum Gasteiger partial charge on any atom is 0.265 e. The van der Waals surface area contributed by atoms with Gasteiger partial charge < -0.3 is 15.0 Å². The zero-order valence-corrected chi connectivity index (χ0v) is 15.0. The van der Waals surface area contributed by atoms with Crippen LogP contribution in [0, 0.1) is 11.7 Å². The summed E-state index contributed by atoms with van der Waals surface area (Å²) in [6, 6.07) is 5.98. The first-order valence-corrected chi connectivity index (χ1v) is 8.82. The molecule has 0 radical (unpaired) electrons. The second-order valence-electron chi connectivity index (χ2n) is 6.62. The number of benzene rings is 1. The Hall–Kier alpha value is -2.70. The molecule has 1 unspecified atom stereocenters. The van der Waals surface area contributed by atoms with Gasteiger partial charge in [-0.1, -0.05) is 19.1 Å². The lowest BCUT2D eigenvalue weighted by atomic mass is 10.00. The number of carbonyl (C=O) groups excluding carboxylic acids is 1. The molecule has 1 aliphatic heterocycles. The number of rotatable bonds is 5. The number of hydrogen-bond acceptors (Lipinski definition) is 5. The molecule has 7 heteroatoms. The number of amides is 1. The van der Waals surface area contributed by atoms with E-state index < -0.39 is 17.8 Å². The van der Waals surface area contributed by atoms with E-state index in [4.69, 9.17) is 4.74 Å². The number of hydrogen-bond donors (Lipinski definition) is 1. The van der Waals surface area contributed by atoms with Gasteiger partial charge in [-0.05, 0) is 37.8 Å². The molecule has 1 atom stereocenters. The summed E-state index contributed by atoms with van der Waals surface area (Å²) in [4.78, 5) is 23.0. The normalized spacial score (nSPS) is 16.2. The topological polar surface area (TPSA) is 67.4 Å². The number of carbonyl (C=O) groups is 1. The number of ether oxygens (including phenoxy) is 1. The van der Waals surface area contributed by atoms with Crippen LogP contribution in [0.4, 0.5) is 16.0 Å². The lowest BCUT2D eigenvalue weighted by Crippen LogP contribution is -2.34. The smallest absolute Gasteiger partial charge is 0.265 e. The zero-order valence-electron chi connectivity index (χ0n) is 15.0. The van der Waals surface area contributed by atoms with Gasteiger partial charge in [0.15, 0.2) is 17.7 Å². The highest BCUT2D eigenvalue weighted by Crippen LogP contribution is 2.21. The first-order chi connectivity index (χ1) is 12.5. The van der Waals surface area contributed by atoms with E-state index >= 15 is 0 Å². The summed E-state index contributed by atoms with van der Waals surface area (Å²) in [7, 11) is 0. The number of anilines is 2. The van der Waals surface area contributed by atoms with Crippen LogP contribution in [0.3, 0.4) is 0 Å². The molecule has 1 aliphatic rings. The summed E-state index contributed by atoms with van der Waals surface area (Å²) < 4.78 is 19.0. The number of piperidine rings is 1. The number of halogens is 1. The fraction of sp³-hybridized carbons (Fsp3) is 0.421. The quantitative estimate of drug-likeness (QED) is 0.889. The van der Waals surface area contributed by atoms with Gasteiger partial charge >= 0.3 is 0 Å². The molecule has 1 aromatic heterocycles. The number of para-hydroxylation sites is 1. The Balaban J connectivity index is 1.56. The van der Waals surface area contributed by atoms with Crippen molar-refractivity contribution in [3.05, 3.63) is 42.5 Å². The predicted octanol–water partition coefficient (Wildman–Crippen LogP) is 3.26. The Bertz CT molecular complexity index is 745. The first-order valence-electron chi connectivity index (χ1n) is 8.82. The van der Waals surface area contributed by atoms with Crippen molar-refractivity contribution in [2.75, 3.05) is 23.3 Å². The molecule has 1 amide bonds. The van der Waals surface area contributed by atoms with Crippen molar-refractivity contribution >= 4 is 17.5 Å². The molecule has 1 N–H and O–H groups in total. The Labute approximate surface area is 152 Å². The highest BCUT2D eigenvalue weighted by molar-refractivity contribution is 5.93. The molecular weight excluding hydrogens is 335 g/mol. The van der Waals surface area contributed by atoms with Crippen molar-refractivity contribution in [2.24, 2.45) is 5.92 Å². The third-order valence-corrected chi connectivity index (χ3v) is 4.48. The second kappa shape index (κ2) is 8.12. The Morgan fingerprint density at radius 1 is 1.27 bits per heavy atom. The standard InChI is InChI=1S/C19H23FN4O2/c1-13-7-9-24(10-8-13)19-21-11-15(12-22-19)23-18(25)14(2)26-17-6-4-3-5-16(17)20/h3-6,11-14H,7-10H2,1-2H3,(H,23,25). The third kappa shape index (κ3) is 4.47. The van der Waals surface area contributed by atoms with Crippen LogP contribution in [0.25, 0.3) is 0 Å². The van der Waals surface area contributed by atoms with Crippen LogP contribution in [0.5, 0.6) is 5.75 Å². The summed E-state index contributed by atoms with van der Waals surface area (Å²) in [5, 5.41) is 2.69. The van der Waals surface area contributed by atoms with Gasteiger partial charge in [-0.25, -0.2) is 14.4 Å². The van der Waals surface area contributed by atoms with Crippen LogP contribution in [0.2, 0.25) is 0 Å². The summed E-state index contributed by atoms with van der Waals surface area (Å²) in [5.41, 5.74) is 0.480. The van der Waals surface area contributed by atoms with E-state index in [-0.39, 0.29) is 5.75 Å². The van der Waals surface area contributed by atoms with Gasteiger partial charge in [0.05, 0.1) is 18.1 Å². The monoisotopic (exact) mass is 358 g/mol. The molecule has 0 aliphatic carbocycles. The molecule has 1 aromatic carbocycles. The molecule has 1 fully saturated rings. The third-order valence-electron chi connectivity index (χ3n) is 4.48. The molecule has 26 heavy (non-hydrogen) atoms. The van der Waals surface area contributed by atoms with Crippen molar-refractivity contribution in [1.82, 2.24) is 9.97 Å². The lowest BCUT2D eigenvalue weighted by Gasteiger charge is -2.30. The fourth-order valence-electron chi connectivity index (χ4n) is 2.79. The molecule has 0 spiro atoms. The zero-order chi connectivity index (χ0) is 18.5. The summed E-state index contributed by atoms with van der Waals surface area (Å²) in [5.74, 6) is 0.555. The van der Waals surface area contributed by atoms with Crippen molar-refractivity contribution in [1.29, 1.82) is 0 Å². The van der Waals surface area contributed by atoms with E-state index in [0.29, 0.717) is 11.6 Å². The molecule has 6 nitrogen and oxygen atoms in total. The molecule has 138 valence electrons. The Kier molecular flexibility index (Phi) is 5.65. The van der Waals surface area contributed by atoms with Crippen molar-refractivity contribution < 1.29 is 13.9 Å². The van der Waals surface area contributed by atoms with Crippen LogP contribution >= 0.6 is 0 Å². The van der Waals surface area contributed by atoms with Gasteiger partial charge in [0, 0.05) is 13.1 Å². The van der Waals surface area contributed by atoms with E-state index in [1.165, 1.54) is 12.1 Å². The fourth-order valence-corrected chi connectivity index (χ4v) is 2.79. The molecule has 0 saturated carbocycles. The van der Waals surface area contributed by atoms with Gasteiger partial charge in [-0.15, -0.1) is 0 Å². The predicted molar refractivity (Wildman–Crippen MR) is 97.8 cm³/mol. The van der Waals surface area contributed by atoms with E-state index in [1.807, 2.05) is 0 Å². The molecule has 2 heterocycles. The lowest BCUT2D eigenvalue weighted by molar-refractivity contribution is -0.122. The minimum absolute atomic E-state index is 0.0427. The van der Waals surface area contributed by atoms with Gasteiger partial charge in [0.2, 0.25) is 5.95 Å².